The van der Waals surface area contributed by atoms with Crippen molar-refractivity contribution in [1.82, 2.24) is 14.4 Å². The molecule has 0 N–H and O–H groups in total. The lowest BCUT2D eigenvalue weighted by molar-refractivity contribution is 1.12. The van der Waals surface area contributed by atoms with Gasteiger partial charge in [-0.1, -0.05) is 36.4 Å². The molecule has 0 spiro atoms. The van der Waals surface area contributed by atoms with Crippen LogP contribution in [0.3, 0.4) is 0 Å². The summed E-state index contributed by atoms with van der Waals surface area (Å²) in [4.78, 5) is 9.35. The summed E-state index contributed by atoms with van der Waals surface area (Å²) >= 11 is 0. The van der Waals surface area contributed by atoms with Crippen LogP contribution in [0.4, 0.5) is 0 Å². The molecule has 26 heavy (non-hydrogen) atoms. The lowest BCUT2D eigenvalue weighted by atomic mass is 9.95. The second-order valence-electron chi connectivity index (χ2n) is 6.96. The van der Waals surface area contributed by atoms with E-state index in [4.69, 9.17) is 4.98 Å². The number of hydrogen-bond acceptors (Lipinski definition) is 2. The van der Waals surface area contributed by atoms with Gasteiger partial charge in [-0.2, -0.15) is 0 Å². The molecular formula is C23H19N3. The molecule has 0 bridgehead atoms. The number of aryl methyl sites for hydroxylation is 3. The van der Waals surface area contributed by atoms with E-state index in [1.807, 2.05) is 6.92 Å². The Morgan fingerprint density at radius 2 is 1.46 bits per heavy atom. The SMILES string of the molecule is Cc1cc(-c2cccc3c2c2ccccc2n2cc(C)nc32)cc(C)n1. The summed E-state index contributed by atoms with van der Waals surface area (Å²) in [6.07, 6.45) is 2.12. The van der Waals surface area contributed by atoms with E-state index in [1.54, 1.807) is 0 Å². The Hall–Kier alpha value is -3.20. The van der Waals surface area contributed by atoms with E-state index in [2.05, 4.69) is 84.0 Å². The third-order valence-electron chi connectivity index (χ3n) is 4.96. The molecule has 0 aliphatic heterocycles. The van der Waals surface area contributed by atoms with Crippen molar-refractivity contribution in [3.63, 3.8) is 0 Å². The fourth-order valence-corrected chi connectivity index (χ4v) is 4.03. The number of pyridine rings is 2. The Labute approximate surface area is 152 Å². The van der Waals surface area contributed by atoms with Crippen LogP contribution in [0.5, 0.6) is 0 Å². The molecule has 2 aromatic carbocycles. The molecule has 0 fully saturated rings. The first kappa shape index (κ1) is 15.1. The summed E-state index contributed by atoms with van der Waals surface area (Å²) in [7, 11) is 0. The summed E-state index contributed by atoms with van der Waals surface area (Å²) in [5, 5.41) is 3.68. The number of imidazole rings is 1. The molecule has 0 aliphatic carbocycles. The molecule has 0 atom stereocenters. The van der Waals surface area contributed by atoms with E-state index < -0.39 is 0 Å². The van der Waals surface area contributed by atoms with Crippen molar-refractivity contribution in [1.29, 1.82) is 0 Å². The van der Waals surface area contributed by atoms with E-state index in [9.17, 15) is 0 Å². The number of fused-ring (bicyclic) bond motifs is 6. The minimum atomic E-state index is 1.01. The zero-order valence-corrected chi connectivity index (χ0v) is 15.1. The summed E-state index contributed by atoms with van der Waals surface area (Å²) in [5.74, 6) is 0. The number of benzene rings is 2. The third kappa shape index (κ3) is 2.14. The Bertz CT molecular complexity index is 1290. The van der Waals surface area contributed by atoms with Crippen LogP contribution in [0.1, 0.15) is 17.1 Å². The molecule has 5 aromatic rings. The van der Waals surface area contributed by atoms with Crippen LogP contribution >= 0.6 is 0 Å². The molecule has 0 saturated heterocycles. The Morgan fingerprint density at radius 1 is 0.731 bits per heavy atom. The maximum atomic E-state index is 4.81. The highest BCUT2D eigenvalue weighted by Gasteiger charge is 2.14. The minimum Gasteiger partial charge on any atom is -0.299 e. The molecule has 3 aromatic heterocycles. The van der Waals surface area contributed by atoms with Crippen molar-refractivity contribution in [2.24, 2.45) is 0 Å². The van der Waals surface area contributed by atoms with Crippen LogP contribution in [0, 0.1) is 20.8 Å². The molecule has 3 heterocycles. The minimum absolute atomic E-state index is 1.01. The molecule has 0 unspecified atom stereocenters. The van der Waals surface area contributed by atoms with Gasteiger partial charge >= 0.3 is 0 Å². The van der Waals surface area contributed by atoms with E-state index in [0.29, 0.717) is 0 Å². The van der Waals surface area contributed by atoms with Crippen molar-refractivity contribution in [2.45, 2.75) is 20.8 Å². The molecule has 126 valence electrons. The maximum absolute atomic E-state index is 4.81. The molecular weight excluding hydrogens is 318 g/mol. The third-order valence-corrected chi connectivity index (χ3v) is 4.96. The average molecular weight is 337 g/mol. The standard InChI is InChI=1S/C23H19N3/c1-14-11-17(12-15(2)24-14)18-8-6-9-20-22(18)19-7-4-5-10-21(19)26-13-16(3)25-23(20)26/h4-13H,1-3H3. The maximum Gasteiger partial charge on any atom is 0.145 e. The van der Waals surface area contributed by atoms with Gasteiger partial charge in [0.15, 0.2) is 0 Å². The van der Waals surface area contributed by atoms with E-state index in [0.717, 1.165) is 22.7 Å². The Kier molecular flexibility index (Phi) is 3.13. The topological polar surface area (TPSA) is 30.2 Å². The zero-order valence-electron chi connectivity index (χ0n) is 15.1. The van der Waals surface area contributed by atoms with Gasteiger partial charge in [-0.25, -0.2) is 4.98 Å². The zero-order chi connectivity index (χ0) is 17.8. The molecule has 3 heteroatoms. The first-order valence-electron chi connectivity index (χ1n) is 8.86. The summed E-state index contributed by atoms with van der Waals surface area (Å²) < 4.78 is 2.21. The van der Waals surface area contributed by atoms with Crippen LogP contribution in [0.2, 0.25) is 0 Å². The van der Waals surface area contributed by atoms with Crippen molar-refractivity contribution in [2.75, 3.05) is 0 Å². The van der Waals surface area contributed by atoms with E-state index in [1.165, 1.54) is 32.8 Å². The molecule has 0 aliphatic rings. The monoisotopic (exact) mass is 337 g/mol. The first-order chi connectivity index (χ1) is 12.6. The van der Waals surface area contributed by atoms with Crippen LogP contribution < -0.4 is 0 Å². The van der Waals surface area contributed by atoms with Crippen LogP contribution in [-0.2, 0) is 0 Å². The molecule has 3 nitrogen and oxygen atoms in total. The molecule has 0 radical (unpaired) electrons. The van der Waals surface area contributed by atoms with Crippen molar-refractivity contribution in [3.8, 4) is 11.1 Å². The fraction of sp³-hybridized carbons (Fsp3) is 0.130. The molecule has 0 amide bonds. The number of rotatable bonds is 1. The van der Waals surface area contributed by atoms with Crippen molar-refractivity contribution in [3.05, 3.63) is 77.9 Å². The van der Waals surface area contributed by atoms with Gasteiger partial charge in [0.2, 0.25) is 0 Å². The predicted octanol–water partition coefficient (Wildman–Crippen LogP) is 5.63. The normalized spacial score (nSPS) is 11.7. The van der Waals surface area contributed by atoms with Gasteiger partial charge in [-0.05, 0) is 50.1 Å². The highest BCUT2D eigenvalue weighted by atomic mass is 15.0. The highest BCUT2D eigenvalue weighted by molar-refractivity contribution is 6.17. The van der Waals surface area contributed by atoms with Gasteiger partial charge < -0.3 is 0 Å². The number of nitrogens with zero attached hydrogens (tertiary/aromatic N) is 3. The van der Waals surface area contributed by atoms with E-state index >= 15 is 0 Å². The number of hydrogen-bond donors (Lipinski definition) is 0. The lowest BCUT2D eigenvalue weighted by Gasteiger charge is -2.13. The molecule has 0 saturated carbocycles. The smallest absolute Gasteiger partial charge is 0.145 e. The van der Waals surface area contributed by atoms with Gasteiger partial charge in [0, 0.05) is 33.7 Å². The van der Waals surface area contributed by atoms with Crippen LogP contribution in [0.15, 0.2) is 60.8 Å². The Balaban J connectivity index is 2.04. The largest absolute Gasteiger partial charge is 0.299 e. The molecule has 5 rings (SSSR count). The van der Waals surface area contributed by atoms with Crippen molar-refractivity contribution >= 4 is 27.3 Å². The van der Waals surface area contributed by atoms with Gasteiger partial charge in [0.05, 0.1) is 11.2 Å². The van der Waals surface area contributed by atoms with Crippen molar-refractivity contribution < 1.29 is 0 Å². The first-order valence-corrected chi connectivity index (χ1v) is 8.86. The summed E-state index contributed by atoms with van der Waals surface area (Å²) in [5.41, 5.74) is 7.75. The quantitative estimate of drug-likeness (QED) is 0.371. The number of para-hydroxylation sites is 1. The van der Waals surface area contributed by atoms with Crippen LogP contribution in [-0.4, -0.2) is 14.4 Å². The summed E-state index contributed by atoms with van der Waals surface area (Å²) in [6, 6.07) is 19.4. The highest BCUT2D eigenvalue weighted by Crippen LogP contribution is 2.36. The van der Waals surface area contributed by atoms with E-state index in [-0.39, 0.29) is 0 Å². The predicted molar refractivity (Wildman–Crippen MR) is 108 cm³/mol. The Morgan fingerprint density at radius 3 is 2.27 bits per heavy atom. The van der Waals surface area contributed by atoms with Crippen LogP contribution in [0.25, 0.3) is 38.4 Å². The van der Waals surface area contributed by atoms with Gasteiger partial charge in [-0.3, -0.25) is 9.38 Å². The second-order valence-corrected chi connectivity index (χ2v) is 6.96. The van der Waals surface area contributed by atoms with Gasteiger partial charge in [0.25, 0.3) is 0 Å². The fourth-order valence-electron chi connectivity index (χ4n) is 4.03. The lowest BCUT2D eigenvalue weighted by Crippen LogP contribution is -1.93. The average Bonchev–Trinajstić information content (AvgIpc) is 3.02. The van der Waals surface area contributed by atoms with Gasteiger partial charge in [-0.15, -0.1) is 0 Å². The van der Waals surface area contributed by atoms with Gasteiger partial charge in [0.1, 0.15) is 5.65 Å². The summed E-state index contributed by atoms with van der Waals surface area (Å²) in [6.45, 7) is 6.15. The number of aromatic nitrogens is 3. The second kappa shape index (κ2) is 5.40.